The van der Waals surface area contributed by atoms with Gasteiger partial charge in [-0.3, -0.25) is 10.8 Å². The van der Waals surface area contributed by atoms with Crippen molar-refractivity contribution in [2.75, 3.05) is 13.2 Å². The van der Waals surface area contributed by atoms with Crippen LogP contribution in [-0.4, -0.2) is 24.9 Å². The van der Waals surface area contributed by atoms with E-state index >= 15 is 0 Å². The number of nitrogens with one attached hydrogen (secondary N) is 2. The highest BCUT2D eigenvalue weighted by molar-refractivity contribution is 5.95. The van der Waals surface area contributed by atoms with Gasteiger partial charge in [0.1, 0.15) is 23.2 Å². The molecule has 0 aliphatic carbocycles. The van der Waals surface area contributed by atoms with Gasteiger partial charge in [0.05, 0.1) is 13.2 Å². The molecule has 0 spiro atoms. The zero-order valence-corrected chi connectivity index (χ0v) is 13.9. The van der Waals surface area contributed by atoms with Crippen molar-refractivity contribution < 1.29 is 9.47 Å². The van der Waals surface area contributed by atoms with Crippen LogP contribution >= 0.6 is 12.4 Å². The second kappa shape index (κ2) is 9.42. The number of rotatable bonds is 8. The number of benzene rings is 2. The Morgan fingerprint density at radius 3 is 1.33 bits per heavy atom. The van der Waals surface area contributed by atoms with Crippen LogP contribution in [0.25, 0.3) is 0 Å². The lowest BCUT2D eigenvalue weighted by molar-refractivity contribution is 0.247. The highest BCUT2D eigenvalue weighted by Gasteiger charge is 2.00. The minimum absolute atomic E-state index is 0. The molecule has 0 unspecified atom stereocenters. The third-order valence-electron chi connectivity index (χ3n) is 3.16. The van der Waals surface area contributed by atoms with Crippen LogP contribution in [0.4, 0.5) is 0 Å². The number of ether oxygens (including phenoxy) is 2. The van der Waals surface area contributed by atoms with E-state index in [-0.39, 0.29) is 24.1 Å². The predicted octanol–water partition coefficient (Wildman–Crippen LogP) is 2.52. The van der Waals surface area contributed by atoms with Crippen molar-refractivity contribution in [1.29, 1.82) is 10.8 Å². The highest BCUT2D eigenvalue weighted by atomic mass is 35.5. The highest BCUT2D eigenvalue weighted by Crippen LogP contribution is 2.13. The number of nitrogens with two attached hydrogens (primary N) is 2. The molecule has 0 amide bonds. The van der Waals surface area contributed by atoms with Crippen molar-refractivity contribution in [3.8, 4) is 11.5 Å². The third-order valence-corrected chi connectivity index (χ3v) is 3.16. The van der Waals surface area contributed by atoms with E-state index in [0.717, 1.165) is 17.9 Å². The molecule has 0 aromatic heterocycles. The summed E-state index contributed by atoms with van der Waals surface area (Å²) in [5.41, 5.74) is 12.1. The van der Waals surface area contributed by atoms with Crippen LogP contribution in [0.15, 0.2) is 48.5 Å². The molecule has 0 radical (unpaired) electrons. The second-order valence-electron chi connectivity index (χ2n) is 4.93. The van der Waals surface area contributed by atoms with Gasteiger partial charge in [0.25, 0.3) is 0 Å². The number of hydrogen-bond acceptors (Lipinski definition) is 4. The first-order valence-electron chi connectivity index (χ1n) is 7.21. The van der Waals surface area contributed by atoms with E-state index in [4.69, 9.17) is 31.8 Å². The Morgan fingerprint density at radius 2 is 1.04 bits per heavy atom. The Bertz CT molecular complexity index is 612. The van der Waals surface area contributed by atoms with Gasteiger partial charge in [-0.15, -0.1) is 12.4 Å². The normalized spacial score (nSPS) is 9.67. The Balaban J connectivity index is 0.00000288. The smallest absolute Gasteiger partial charge is 0.122 e. The van der Waals surface area contributed by atoms with Gasteiger partial charge in [-0.2, -0.15) is 0 Å². The topological polar surface area (TPSA) is 118 Å². The van der Waals surface area contributed by atoms with E-state index < -0.39 is 0 Å². The summed E-state index contributed by atoms with van der Waals surface area (Å²) in [6, 6.07) is 14.2. The molecule has 24 heavy (non-hydrogen) atoms. The monoisotopic (exact) mass is 348 g/mol. The summed E-state index contributed by atoms with van der Waals surface area (Å²) < 4.78 is 11.2. The van der Waals surface area contributed by atoms with Gasteiger partial charge in [-0.25, -0.2) is 0 Å². The lowest BCUT2D eigenvalue weighted by Gasteiger charge is -2.09. The molecule has 6 N–H and O–H groups in total. The molecule has 7 heteroatoms. The fourth-order valence-electron chi connectivity index (χ4n) is 1.90. The second-order valence-corrected chi connectivity index (χ2v) is 4.93. The molecular formula is C17H21ClN4O2. The molecule has 0 bridgehead atoms. The fraction of sp³-hybridized carbons (Fsp3) is 0.176. The van der Waals surface area contributed by atoms with Gasteiger partial charge in [-0.1, -0.05) is 0 Å². The summed E-state index contributed by atoms with van der Waals surface area (Å²) in [7, 11) is 0. The largest absolute Gasteiger partial charge is 0.493 e. The average Bonchev–Trinajstić information content (AvgIpc) is 2.55. The quantitative estimate of drug-likeness (QED) is 0.333. The van der Waals surface area contributed by atoms with Gasteiger partial charge in [-0.05, 0) is 48.5 Å². The number of halogens is 1. The van der Waals surface area contributed by atoms with Gasteiger partial charge in [0.2, 0.25) is 0 Å². The predicted molar refractivity (Wildman–Crippen MR) is 97.8 cm³/mol. The first-order chi connectivity index (χ1) is 11.1. The molecule has 0 fully saturated rings. The summed E-state index contributed by atoms with van der Waals surface area (Å²) in [4.78, 5) is 0. The van der Waals surface area contributed by atoms with Crippen molar-refractivity contribution >= 4 is 24.1 Å². The van der Waals surface area contributed by atoms with Gasteiger partial charge >= 0.3 is 0 Å². The van der Waals surface area contributed by atoms with Crippen LogP contribution in [0, 0.1) is 10.8 Å². The maximum Gasteiger partial charge on any atom is 0.122 e. The first kappa shape index (κ1) is 19.3. The maximum absolute atomic E-state index is 7.32. The molecule has 0 aliphatic rings. The molecule has 0 heterocycles. The van der Waals surface area contributed by atoms with Gasteiger partial charge in [0, 0.05) is 17.5 Å². The van der Waals surface area contributed by atoms with Crippen LogP contribution in [0.5, 0.6) is 11.5 Å². The summed E-state index contributed by atoms with van der Waals surface area (Å²) in [5.74, 6) is 1.56. The van der Waals surface area contributed by atoms with Crippen molar-refractivity contribution in [2.24, 2.45) is 11.5 Å². The summed E-state index contributed by atoms with van der Waals surface area (Å²) in [6.45, 7) is 1.07. The van der Waals surface area contributed by atoms with Crippen molar-refractivity contribution in [3.63, 3.8) is 0 Å². The average molecular weight is 349 g/mol. The molecule has 0 atom stereocenters. The van der Waals surface area contributed by atoms with E-state index in [1.54, 1.807) is 48.5 Å². The summed E-state index contributed by atoms with van der Waals surface area (Å²) in [6.07, 6.45) is 0.739. The fourth-order valence-corrected chi connectivity index (χ4v) is 1.90. The summed E-state index contributed by atoms with van der Waals surface area (Å²) in [5, 5.41) is 14.6. The van der Waals surface area contributed by atoms with Crippen LogP contribution in [0.2, 0.25) is 0 Å². The maximum atomic E-state index is 7.32. The van der Waals surface area contributed by atoms with Crippen molar-refractivity contribution in [2.45, 2.75) is 6.42 Å². The van der Waals surface area contributed by atoms with Crippen LogP contribution in [0.3, 0.4) is 0 Å². The van der Waals surface area contributed by atoms with E-state index in [1.165, 1.54) is 0 Å². The van der Waals surface area contributed by atoms with E-state index in [9.17, 15) is 0 Å². The molecule has 2 aromatic rings. The number of nitrogen functional groups attached to an aromatic ring is 2. The number of amidine groups is 2. The number of hydrogen-bond donors (Lipinski definition) is 4. The van der Waals surface area contributed by atoms with E-state index in [1.807, 2.05) is 0 Å². The van der Waals surface area contributed by atoms with Crippen LogP contribution in [0.1, 0.15) is 17.5 Å². The molecule has 2 aromatic carbocycles. The Morgan fingerprint density at radius 1 is 0.708 bits per heavy atom. The first-order valence-corrected chi connectivity index (χ1v) is 7.21. The van der Waals surface area contributed by atoms with Crippen molar-refractivity contribution in [3.05, 3.63) is 59.7 Å². The Labute approximate surface area is 147 Å². The Hall–Kier alpha value is -2.73. The van der Waals surface area contributed by atoms with Crippen LogP contribution in [-0.2, 0) is 0 Å². The standard InChI is InChI=1S/C17H20N4O2.ClH/c18-16(19)12-2-6-14(7-3-12)22-10-1-11-23-15-8-4-13(5-9-15)17(20)21;/h2-9H,1,10-11H2,(H3,18,19)(H3,20,21);1H. The van der Waals surface area contributed by atoms with E-state index in [2.05, 4.69) is 0 Å². The minimum atomic E-state index is 0. The minimum Gasteiger partial charge on any atom is -0.493 e. The molecule has 6 nitrogen and oxygen atoms in total. The Kier molecular flexibility index (Phi) is 7.58. The lowest BCUT2D eigenvalue weighted by Crippen LogP contribution is -2.11. The SMILES string of the molecule is Cl.N=C(N)c1ccc(OCCCOc2ccc(C(=N)N)cc2)cc1. The molecule has 0 saturated heterocycles. The summed E-state index contributed by atoms with van der Waals surface area (Å²) >= 11 is 0. The zero-order chi connectivity index (χ0) is 16.7. The van der Waals surface area contributed by atoms with Crippen LogP contribution < -0.4 is 20.9 Å². The molecule has 128 valence electrons. The lowest BCUT2D eigenvalue weighted by atomic mass is 10.2. The van der Waals surface area contributed by atoms with Gasteiger partial charge < -0.3 is 20.9 Å². The molecular weight excluding hydrogens is 328 g/mol. The third kappa shape index (κ3) is 5.81. The zero-order valence-electron chi connectivity index (χ0n) is 13.1. The van der Waals surface area contributed by atoms with E-state index in [0.29, 0.717) is 24.3 Å². The van der Waals surface area contributed by atoms with Gasteiger partial charge in [0.15, 0.2) is 0 Å². The molecule has 0 saturated carbocycles. The molecule has 2 rings (SSSR count). The van der Waals surface area contributed by atoms with Crippen molar-refractivity contribution in [1.82, 2.24) is 0 Å². The molecule has 0 aliphatic heterocycles.